The van der Waals surface area contributed by atoms with Crippen molar-refractivity contribution in [3.63, 3.8) is 0 Å². The molecule has 1 saturated heterocycles. The van der Waals surface area contributed by atoms with Gasteiger partial charge in [0.25, 0.3) is 0 Å². The van der Waals surface area contributed by atoms with Crippen molar-refractivity contribution in [2.45, 2.75) is 50.2 Å². The highest BCUT2D eigenvalue weighted by Crippen LogP contribution is 2.31. The Hall–Kier alpha value is -1.62. The Bertz CT molecular complexity index is 447. The van der Waals surface area contributed by atoms with Crippen molar-refractivity contribution in [3.05, 3.63) is 25.3 Å². The molecule has 1 aliphatic heterocycles. The van der Waals surface area contributed by atoms with Gasteiger partial charge in [-0.1, -0.05) is 12.2 Å². The van der Waals surface area contributed by atoms with E-state index in [1.54, 1.807) is 12.2 Å². The van der Waals surface area contributed by atoms with Crippen LogP contribution in [0.1, 0.15) is 38.5 Å². The zero-order valence-corrected chi connectivity index (χ0v) is 13.1. The Balaban J connectivity index is 1.87. The summed E-state index contributed by atoms with van der Waals surface area (Å²) in [4.78, 5) is 26.1. The van der Waals surface area contributed by atoms with Crippen LogP contribution in [0.5, 0.6) is 0 Å². The van der Waals surface area contributed by atoms with E-state index < -0.39 is 5.60 Å². The largest absolute Gasteiger partial charge is 0.387 e. The standard InChI is InChI=1S/C17H26N2O3/c1-3-9-17(22,10-4-2)12-18-16(21)13-5-8-15(20)19(11-13)14-6-7-14/h3-4,13-14,22H,1-2,5-12H2,(H,18,21). The van der Waals surface area contributed by atoms with Gasteiger partial charge in [0, 0.05) is 25.6 Å². The summed E-state index contributed by atoms with van der Waals surface area (Å²) in [6.45, 7) is 7.97. The highest BCUT2D eigenvalue weighted by atomic mass is 16.3. The van der Waals surface area contributed by atoms with Crippen LogP contribution in [-0.2, 0) is 9.59 Å². The number of nitrogens with one attached hydrogen (secondary N) is 1. The maximum Gasteiger partial charge on any atom is 0.225 e. The first-order valence-corrected chi connectivity index (χ1v) is 8.00. The topological polar surface area (TPSA) is 69.6 Å². The van der Waals surface area contributed by atoms with Gasteiger partial charge in [0.05, 0.1) is 11.5 Å². The van der Waals surface area contributed by atoms with Crippen LogP contribution >= 0.6 is 0 Å². The van der Waals surface area contributed by atoms with Gasteiger partial charge in [-0.15, -0.1) is 13.2 Å². The summed E-state index contributed by atoms with van der Waals surface area (Å²) in [7, 11) is 0. The molecule has 1 aliphatic carbocycles. The average molecular weight is 306 g/mol. The zero-order chi connectivity index (χ0) is 16.2. The first-order valence-electron chi connectivity index (χ1n) is 8.00. The second-order valence-corrected chi connectivity index (χ2v) is 6.44. The van der Waals surface area contributed by atoms with Crippen LogP contribution in [-0.4, -0.2) is 46.6 Å². The molecule has 0 spiro atoms. The summed E-state index contributed by atoms with van der Waals surface area (Å²) in [5.41, 5.74) is -1.03. The van der Waals surface area contributed by atoms with Gasteiger partial charge in [-0.25, -0.2) is 0 Å². The summed E-state index contributed by atoms with van der Waals surface area (Å²) in [6.07, 6.45) is 7.23. The van der Waals surface area contributed by atoms with E-state index in [-0.39, 0.29) is 24.3 Å². The number of nitrogens with zero attached hydrogens (tertiary/aromatic N) is 1. The fourth-order valence-electron chi connectivity index (χ4n) is 2.99. The average Bonchev–Trinajstić information content (AvgIpc) is 3.30. The molecule has 1 heterocycles. The molecule has 2 N–H and O–H groups in total. The third kappa shape index (κ3) is 4.19. The molecule has 1 unspecified atom stereocenters. The van der Waals surface area contributed by atoms with Crippen LogP contribution in [0.2, 0.25) is 0 Å². The maximum absolute atomic E-state index is 12.3. The lowest BCUT2D eigenvalue weighted by atomic mass is 9.93. The molecule has 22 heavy (non-hydrogen) atoms. The van der Waals surface area contributed by atoms with Gasteiger partial charge in [0.15, 0.2) is 0 Å². The van der Waals surface area contributed by atoms with E-state index in [9.17, 15) is 14.7 Å². The van der Waals surface area contributed by atoms with Crippen LogP contribution in [0.25, 0.3) is 0 Å². The quantitative estimate of drug-likeness (QED) is 0.666. The summed E-state index contributed by atoms with van der Waals surface area (Å²) in [5, 5.41) is 13.3. The van der Waals surface area contributed by atoms with Crippen molar-refractivity contribution in [2.75, 3.05) is 13.1 Å². The van der Waals surface area contributed by atoms with E-state index >= 15 is 0 Å². The molecule has 0 aromatic heterocycles. The minimum atomic E-state index is -1.03. The van der Waals surface area contributed by atoms with Gasteiger partial charge in [-0.05, 0) is 32.1 Å². The van der Waals surface area contributed by atoms with E-state index in [0.717, 1.165) is 12.8 Å². The number of hydrogen-bond acceptors (Lipinski definition) is 3. The van der Waals surface area contributed by atoms with Crippen LogP contribution in [0, 0.1) is 5.92 Å². The second-order valence-electron chi connectivity index (χ2n) is 6.44. The Morgan fingerprint density at radius 1 is 1.32 bits per heavy atom. The summed E-state index contributed by atoms with van der Waals surface area (Å²) >= 11 is 0. The number of likely N-dealkylation sites (tertiary alicyclic amines) is 1. The molecular formula is C17H26N2O3. The molecule has 5 nitrogen and oxygen atoms in total. The van der Waals surface area contributed by atoms with Gasteiger partial charge in [0.2, 0.25) is 11.8 Å². The lowest BCUT2D eigenvalue weighted by Crippen LogP contribution is -2.49. The third-order valence-electron chi connectivity index (χ3n) is 4.44. The van der Waals surface area contributed by atoms with Crippen molar-refractivity contribution in [2.24, 2.45) is 5.92 Å². The van der Waals surface area contributed by atoms with Crippen LogP contribution in [0.15, 0.2) is 25.3 Å². The molecule has 2 amide bonds. The number of hydrogen-bond donors (Lipinski definition) is 2. The SMILES string of the molecule is C=CCC(O)(CC=C)CNC(=O)C1CCC(=O)N(C2CC2)C1. The molecule has 0 radical (unpaired) electrons. The number of carbonyl (C=O) groups excluding carboxylic acids is 2. The third-order valence-corrected chi connectivity index (χ3v) is 4.44. The fraction of sp³-hybridized carbons (Fsp3) is 0.647. The number of amides is 2. The second kappa shape index (κ2) is 7.09. The van der Waals surface area contributed by atoms with Crippen molar-refractivity contribution in [1.82, 2.24) is 10.2 Å². The molecule has 2 rings (SSSR count). The highest BCUT2D eigenvalue weighted by Gasteiger charge is 2.38. The number of rotatable bonds is 8. The highest BCUT2D eigenvalue weighted by molar-refractivity contribution is 5.84. The van der Waals surface area contributed by atoms with Crippen molar-refractivity contribution in [1.29, 1.82) is 0 Å². The monoisotopic (exact) mass is 306 g/mol. The van der Waals surface area contributed by atoms with Crippen LogP contribution in [0.4, 0.5) is 0 Å². The zero-order valence-electron chi connectivity index (χ0n) is 13.1. The van der Waals surface area contributed by atoms with E-state index in [1.165, 1.54) is 0 Å². The molecule has 0 aromatic carbocycles. The van der Waals surface area contributed by atoms with Gasteiger partial charge < -0.3 is 15.3 Å². The molecule has 2 fully saturated rings. The fourth-order valence-corrected chi connectivity index (χ4v) is 2.99. The molecule has 0 bridgehead atoms. The van der Waals surface area contributed by atoms with Gasteiger partial charge in [-0.2, -0.15) is 0 Å². The van der Waals surface area contributed by atoms with E-state index in [4.69, 9.17) is 0 Å². The van der Waals surface area contributed by atoms with E-state index in [1.807, 2.05) is 4.90 Å². The minimum Gasteiger partial charge on any atom is -0.387 e. The molecule has 1 saturated carbocycles. The summed E-state index contributed by atoms with van der Waals surface area (Å²) < 4.78 is 0. The van der Waals surface area contributed by atoms with Gasteiger partial charge >= 0.3 is 0 Å². The van der Waals surface area contributed by atoms with E-state index in [0.29, 0.717) is 38.3 Å². The number of carbonyl (C=O) groups is 2. The maximum atomic E-state index is 12.3. The smallest absolute Gasteiger partial charge is 0.225 e. The lowest BCUT2D eigenvalue weighted by Gasteiger charge is -2.33. The van der Waals surface area contributed by atoms with Gasteiger partial charge in [0.1, 0.15) is 0 Å². The van der Waals surface area contributed by atoms with Crippen molar-refractivity contribution in [3.8, 4) is 0 Å². The van der Waals surface area contributed by atoms with Gasteiger partial charge in [-0.3, -0.25) is 9.59 Å². The number of piperidine rings is 1. The summed E-state index contributed by atoms with van der Waals surface area (Å²) in [5.74, 6) is -0.0823. The molecular weight excluding hydrogens is 280 g/mol. The normalized spacial score (nSPS) is 22.3. The Morgan fingerprint density at radius 3 is 2.50 bits per heavy atom. The van der Waals surface area contributed by atoms with Crippen LogP contribution < -0.4 is 5.32 Å². The Kier molecular flexibility index (Phi) is 5.40. The molecule has 2 aliphatic rings. The first-order chi connectivity index (χ1) is 10.5. The molecule has 122 valence electrons. The summed E-state index contributed by atoms with van der Waals surface area (Å²) in [6, 6.07) is 0.349. The lowest BCUT2D eigenvalue weighted by molar-refractivity contribution is -0.139. The number of aliphatic hydroxyl groups is 1. The molecule has 1 atom stereocenters. The minimum absolute atomic E-state index is 0.0790. The predicted molar refractivity (Wildman–Crippen MR) is 85.0 cm³/mol. The Morgan fingerprint density at radius 2 is 1.95 bits per heavy atom. The molecule has 0 aromatic rings. The first kappa shape index (κ1) is 16.7. The van der Waals surface area contributed by atoms with Crippen molar-refractivity contribution >= 4 is 11.8 Å². The van der Waals surface area contributed by atoms with Crippen LogP contribution in [0.3, 0.4) is 0 Å². The van der Waals surface area contributed by atoms with E-state index in [2.05, 4.69) is 18.5 Å². The Labute approximate surface area is 132 Å². The van der Waals surface area contributed by atoms with Crippen molar-refractivity contribution < 1.29 is 14.7 Å². The predicted octanol–water partition coefficient (Wildman–Crippen LogP) is 1.39. The molecule has 5 heteroatoms.